The van der Waals surface area contributed by atoms with Gasteiger partial charge in [-0.2, -0.15) is 5.10 Å². The summed E-state index contributed by atoms with van der Waals surface area (Å²) in [5, 5.41) is 5.55. The molecule has 5 rings (SSSR count). The van der Waals surface area contributed by atoms with Crippen LogP contribution in [0.4, 0.5) is 4.39 Å². The number of ether oxygens (including phenoxy) is 1. The van der Waals surface area contributed by atoms with E-state index >= 15 is 0 Å². The molecule has 0 saturated carbocycles. The van der Waals surface area contributed by atoms with Crippen molar-refractivity contribution in [2.45, 2.75) is 26.1 Å². The van der Waals surface area contributed by atoms with Crippen molar-refractivity contribution in [1.82, 2.24) is 14.7 Å². The molecule has 4 nitrogen and oxygen atoms in total. The fourth-order valence-corrected chi connectivity index (χ4v) is 4.64. The Balaban J connectivity index is 1.56. The van der Waals surface area contributed by atoms with E-state index in [0.29, 0.717) is 23.7 Å². The van der Waals surface area contributed by atoms with Crippen molar-refractivity contribution in [3.05, 3.63) is 81.8 Å². The second-order valence-corrected chi connectivity index (χ2v) is 8.42. The summed E-state index contributed by atoms with van der Waals surface area (Å²) < 4.78 is 22.1. The van der Waals surface area contributed by atoms with E-state index in [4.69, 9.17) is 21.4 Å². The van der Waals surface area contributed by atoms with E-state index < -0.39 is 0 Å². The maximum absolute atomic E-state index is 14.7. The average molecular weight is 424 g/mol. The van der Waals surface area contributed by atoms with Crippen LogP contribution in [0.25, 0.3) is 16.8 Å². The first-order chi connectivity index (χ1) is 14.6. The van der Waals surface area contributed by atoms with E-state index in [-0.39, 0.29) is 5.82 Å². The highest BCUT2D eigenvalue weighted by molar-refractivity contribution is 6.30. The van der Waals surface area contributed by atoms with Gasteiger partial charge in [-0.25, -0.2) is 4.39 Å². The molecule has 3 aromatic rings. The molecule has 2 aliphatic heterocycles. The zero-order valence-corrected chi connectivity index (χ0v) is 17.6. The highest BCUT2D eigenvalue weighted by atomic mass is 35.5. The summed E-state index contributed by atoms with van der Waals surface area (Å²) in [5.74, 6) is -0.227. The standard InChI is InChI=1S/C24H23ClFN3O/c1-28-14-21-23(15-28)27-29(24(21)20-4-2-3-5-22(20)26)13-16-10-18(12-19(25)11-16)17-6-8-30-9-7-17/h2-6,10-12H,7-9,13-15H2,1H3. The fourth-order valence-electron chi connectivity index (χ4n) is 4.38. The second-order valence-electron chi connectivity index (χ2n) is 7.99. The monoisotopic (exact) mass is 423 g/mol. The summed E-state index contributed by atoms with van der Waals surface area (Å²) in [4.78, 5) is 2.20. The second kappa shape index (κ2) is 7.99. The highest BCUT2D eigenvalue weighted by Gasteiger charge is 2.27. The molecule has 0 saturated heterocycles. The maximum Gasteiger partial charge on any atom is 0.132 e. The Morgan fingerprint density at radius 3 is 2.83 bits per heavy atom. The molecular formula is C24H23ClFN3O. The molecule has 0 bridgehead atoms. The summed E-state index contributed by atoms with van der Waals surface area (Å²) in [7, 11) is 2.06. The molecule has 1 aromatic heterocycles. The van der Waals surface area contributed by atoms with Crippen molar-refractivity contribution in [3.63, 3.8) is 0 Å². The third kappa shape index (κ3) is 3.69. The van der Waals surface area contributed by atoms with Crippen molar-refractivity contribution in [2.24, 2.45) is 0 Å². The quantitative estimate of drug-likeness (QED) is 0.582. The largest absolute Gasteiger partial charge is 0.377 e. The van der Waals surface area contributed by atoms with Crippen LogP contribution in [0, 0.1) is 5.82 Å². The number of nitrogens with zero attached hydrogens (tertiary/aromatic N) is 3. The van der Waals surface area contributed by atoms with E-state index in [1.165, 1.54) is 11.6 Å². The molecular weight excluding hydrogens is 401 g/mol. The Hall–Kier alpha value is -2.47. The average Bonchev–Trinajstić information content (AvgIpc) is 3.24. The van der Waals surface area contributed by atoms with Gasteiger partial charge in [0.15, 0.2) is 0 Å². The van der Waals surface area contributed by atoms with Gasteiger partial charge in [-0.15, -0.1) is 0 Å². The molecule has 154 valence electrons. The summed E-state index contributed by atoms with van der Waals surface area (Å²) in [6, 6.07) is 13.1. The number of hydrogen-bond acceptors (Lipinski definition) is 3. The van der Waals surface area contributed by atoms with Crippen LogP contribution in [0.5, 0.6) is 0 Å². The summed E-state index contributed by atoms with van der Waals surface area (Å²) >= 11 is 6.46. The van der Waals surface area contributed by atoms with Crippen molar-refractivity contribution in [2.75, 3.05) is 20.3 Å². The van der Waals surface area contributed by atoms with E-state index in [2.05, 4.69) is 24.1 Å². The van der Waals surface area contributed by atoms with Gasteiger partial charge >= 0.3 is 0 Å². The van der Waals surface area contributed by atoms with Crippen LogP contribution in [-0.2, 0) is 24.4 Å². The minimum Gasteiger partial charge on any atom is -0.377 e. The Morgan fingerprint density at radius 2 is 2.03 bits per heavy atom. The summed E-state index contributed by atoms with van der Waals surface area (Å²) in [5.41, 5.74) is 7.01. The van der Waals surface area contributed by atoms with Gasteiger partial charge < -0.3 is 4.74 Å². The first-order valence-electron chi connectivity index (χ1n) is 10.2. The Labute approximate surface area is 180 Å². The third-order valence-corrected chi connectivity index (χ3v) is 5.95. The molecule has 6 heteroatoms. The molecule has 0 fully saturated rings. The Morgan fingerprint density at radius 1 is 1.17 bits per heavy atom. The SMILES string of the molecule is CN1Cc2nn(Cc3cc(Cl)cc(C4=CCOCC4)c3)c(-c3ccccc3F)c2C1. The van der Waals surface area contributed by atoms with Gasteiger partial charge in [-0.05, 0) is 60.5 Å². The van der Waals surface area contributed by atoms with Crippen LogP contribution in [0.2, 0.25) is 5.02 Å². The number of fused-ring (bicyclic) bond motifs is 1. The highest BCUT2D eigenvalue weighted by Crippen LogP contribution is 2.34. The van der Waals surface area contributed by atoms with Crippen LogP contribution in [0.15, 0.2) is 48.5 Å². The lowest BCUT2D eigenvalue weighted by atomic mass is 9.99. The van der Waals surface area contributed by atoms with Gasteiger partial charge in [0.05, 0.1) is 31.1 Å². The molecule has 2 aliphatic rings. The van der Waals surface area contributed by atoms with Crippen molar-refractivity contribution < 1.29 is 9.13 Å². The molecule has 3 heterocycles. The predicted octanol–water partition coefficient (Wildman–Crippen LogP) is 5.14. The molecule has 30 heavy (non-hydrogen) atoms. The van der Waals surface area contributed by atoms with E-state index in [1.54, 1.807) is 6.07 Å². The van der Waals surface area contributed by atoms with Gasteiger partial charge in [0, 0.05) is 29.2 Å². The smallest absolute Gasteiger partial charge is 0.132 e. The zero-order chi connectivity index (χ0) is 20.7. The van der Waals surface area contributed by atoms with Gasteiger partial charge in [0.25, 0.3) is 0 Å². The van der Waals surface area contributed by atoms with Crippen molar-refractivity contribution >= 4 is 17.2 Å². The number of benzene rings is 2. The summed E-state index contributed by atoms with van der Waals surface area (Å²) in [6.45, 7) is 3.44. The van der Waals surface area contributed by atoms with Gasteiger partial charge in [0.2, 0.25) is 0 Å². The third-order valence-electron chi connectivity index (χ3n) is 5.73. The minimum atomic E-state index is -0.227. The van der Waals surface area contributed by atoms with E-state index in [9.17, 15) is 4.39 Å². The van der Waals surface area contributed by atoms with E-state index in [0.717, 1.165) is 54.2 Å². The summed E-state index contributed by atoms with van der Waals surface area (Å²) in [6.07, 6.45) is 2.99. The molecule has 0 radical (unpaired) electrons. The van der Waals surface area contributed by atoms with Crippen molar-refractivity contribution in [1.29, 1.82) is 0 Å². The molecule has 0 aliphatic carbocycles. The van der Waals surface area contributed by atoms with Crippen molar-refractivity contribution in [3.8, 4) is 11.3 Å². The first kappa shape index (κ1) is 19.5. The molecule has 0 unspecified atom stereocenters. The normalized spacial score (nSPS) is 16.6. The van der Waals surface area contributed by atoms with Crippen LogP contribution < -0.4 is 0 Å². The number of halogens is 2. The first-order valence-corrected chi connectivity index (χ1v) is 10.5. The molecule has 0 atom stereocenters. The van der Waals surface area contributed by atoms with Crippen LogP contribution >= 0.6 is 11.6 Å². The van der Waals surface area contributed by atoms with Gasteiger partial charge in [-0.1, -0.05) is 29.8 Å². The fraction of sp³-hybridized carbons (Fsp3) is 0.292. The lowest BCUT2D eigenvalue weighted by Gasteiger charge is -2.16. The Bertz CT molecular complexity index is 1140. The van der Waals surface area contributed by atoms with Crippen LogP contribution in [0.1, 0.15) is 28.8 Å². The van der Waals surface area contributed by atoms with E-state index in [1.807, 2.05) is 28.9 Å². The van der Waals surface area contributed by atoms with Gasteiger partial charge in [-0.3, -0.25) is 9.58 Å². The van der Waals surface area contributed by atoms with Crippen LogP contribution in [0.3, 0.4) is 0 Å². The number of hydrogen-bond donors (Lipinski definition) is 0. The molecule has 2 aromatic carbocycles. The zero-order valence-electron chi connectivity index (χ0n) is 16.9. The maximum atomic E-state index is 14.7. The lowest BCUT2D eigenvalue weighted by molar-refractivity contribution is 0.161. The molecule has 0 amide bonds. The molecule has 0 N–H and O–H groups in total. The lowest BCUT2D eigenvalue weighted by Crippen LogP contribution is -2.13. The minimum absolute atomic E-state index is 0.227. The molecule has 0 spiro atoms. The Kier molecular flexibility index (Phi) is 5.19. The topological polar surface area (TPSA) is 30.3 Å². The number of aromatic nitrogens is 2. The van der Waals surface area contributed by atoms with Gasteiger partial charge in [0.1, 0.15) is 5.82 Å². The number of rotatable bonds is 4. The predicted molar refractivity (Wildman–Crippen MR) is 117 cm³/mol. The van der Waals surface area contributed by atoms with Crippen LogP contribution in [-0.4, -0.2) is 34.9 Å².